The lowest BCUT2D eigenvalue weighted by Crippen LogP contribution is -2.15. The summed E-state index contributed by atoms with van der Waals surface area (Å²) in [6.07, 6.45) is 7.10. The fourth-order valence-corrected chi connectivity index (χ4v) is 2.52. The molecule has 0 saturated heterocycles. The van der Waals surface area contributed by atoms with Crippen LogP contribution in [0.15, 0.2) is 24.3 Å². The molecule has 0 saturated carbocycles. The fraction of sp³-hybridized carbons (Fsp3) is 0.467. The molecule has 2 rings (SSSR count). The SMILES string of the molecule is Cc1cc(C)cc(C2=CC(N)CCCC2)c1. The normalized spacial score (nSPS) is 21.4. The Morgan fingerprint density at radius 1 is 1.06 bits per heavy atom. The summed E-state index contributed by atoms with van der Waals surface area (Å²) in [4.78, 5) is 0. The molecule has 1 heteroatoms. The minimum absolute atomic E-state index is 0.248. The van der Waals surface area contributed by atoms with Crippen LogP contribution in [0, 0.1) is 13.8 Å². The second kappa shape index (κ2) is 4.84. The summed E-state index contributed by atoms with van der Waals surface area (Å²) >= 11 is 0. The predicted molar refractivity (Wildman–Crippen MR) is 70.3 cm³/mol. The molecule has 1 aromatic carbocycles. The molecule has 1 atom stereocenters. The molecule has 1 unspecified atom stereocenters. The van der Waals surface area contributed by atoms with Gasteiger partial charge in [-0.2, -0.15) is 0 Å². The van der Waals surface area contributed by atoms with E-state index in [1.165, 1.54) is 41.5 Å². The number of hydrogen-bond acceptors (Lipinski definition) is 1. The van der Waals surface area contributed by atoms with E-state index in [4.69, 9.17) is 5.73 Å². The molecule has 1 aliphatic rings. The Hall–Kier alpha value is -1.08. The Morgan fingerprint density at radius 2 is 1.75 bits per heavy atom. The number of allylic oxidation sites excluding steroid dienone is 1. The van der Waals surface area contributed by atoms with E-state index in [-0.39, 0.29) is 6.04 Å². The van der Waals surface area contributed by atoms with E-state index in [2.05, 4.69) is 38.1 Å². The Bertz CT molecular complexity index is 384. The standard InChI is InChI=1S/C15H21N/c1-11-7-12(2)9-14(8-11)13-5-3-4-6-15(16)10-13/h7-10,15H,3-6,16H2,1-2H3. The minimum atomic E-state index is 0.248. The molecule has 0 fully saturated rings. The van der Waals surface area contributed by atoms with Crippen LogP contribution in [0.3, 0.4) is 0 Å². The Kier molecular flexibility index (Phi) is 3.45. The molecule has 0 bridgehead atoms. The van der Waals surface area contributed by atoms with Crippen LogP contribution in [0.5, 0.6) is 0 Å². The molecule has 0 amide bonds. The first kappa shape index (κ1) is 11.4. The second-order valence-electron chi connectivity index (χ2n) is 4.98. The van der Waals surface area contributed by atoms with Crippen molar-refractivity contribution in [3.63, 3.8) is 0 Å². The van der Waals surface area contributed by atoms with Crippen molar-refractivity contribution >= 4 is 5.57 Å². The van der Waals surface area contributed by atoms with E-state index >= 15 is 0 Å². The molecule has 0 aromatic heterocycles. The molecule has 1 nitrogen and oxygen atoms in total. The number of nitrogens with two attached hydrogens (primary N) is 1. The third-order valence-corrected chi connectivity index (χ3v) is 3.24. The summed E-state index contributed by atoms with van der Waals surface area (Å²) in [5.74, 6) is 0. The van der Waals surface area contributed by atoms with Crippen molar-refractivity contribution in [1.29, 1.82) is 0 Å². The fourth-order valence-electron chi connectivity index (χ4n) is 2.52. The maximum absolute atomic E-state index is 6.06. The van der Waals surface area contributed by atoms with Crippen molar-refractivity contribution in [2.45, 2.75) is 45.6 Å². The summed E-state index contributed by atoms with van der Waals surface area (Å²) in [6, 6.07) is 7.02. The third kappa shape index (κ3) is 2.73. The summed E-state index contributed by atoms with van der Waals surface area (Å²) in [5, 5.41) is 0. The Morgan fingerprint density at radius 3 is 2.44 bits per heavy atom. The van der Waals surface area contributed by atoms with Crippen molar-refractivity contribution < 1.29 is 0 Å². The van der Waals surface area contributed by atoms with Gasteiger partial charge in [0.15, 0.2) is 0 Å². The van der Waals surface area contributed by atoms with Gasteiger partial charge in [0.1, 0.15) is 0 Å². The van der Waals surface area contributed by atoms with Crippen molar-refractivity contribution in [2.24, 2.45) is 5.73 Å². The zero-order valence-corrected chi connectivity index (χ0v) is 10.3. The second-order valence-corrected chi connectivity index (χ2v) is 4.98. The van der Waals surface area contributed by atoms with Crippen molar-refractivity contribution in [3.05, 3.63) is 41.0 Å². The smallest absolute Gasteiger partial charge is 0.0229 e. The van der Waals surface area contributed by atoms with Crippen molar-refractivity contribution in [3.8, 4) is 0 Å². The van der Waals surface area contributed by atoms with Gasteiger partial charge in [-0.05, 0) is 44.2 Å². The zero-order chi connectivity index (χ0) is 11.5. The van der Waals surface area contributed by atoms with E-state index in [1.807, 2.05) is 0 Å². The van der Waals surface area contributed by atoms with E-state index < -0.39 is 0 Å². The van der Waals surface area contributed by atoms with Crippen LogP contribution < -0.4 is 5.73 Å². The molecule has 0 aliphatic heterocycles. The van der Waals surface area contributed by atoms with Crippen LogP contribution in [0.25, 0.3) is 5.57 Å². The average Bonchev–Trinajstić information content (AvgIpc) is 2.41. The molecule has 86 valence electrons. The summed E-state index contributed by atoms with van der Waals surface area (Å²) < 4.78 is 0. The van der Waals surface area contributed by atoms with E-state index in [9.17, 15) is 0 Å². The largest absolute Gasteiger partial charge is 0.324 e. The van der Waals surface area contributed by atoms with Gasteiger partial charge in [0.2, 0.25) is 0 Å². The van der Waals surface area contributed by atoms with Gasteiger partial charge in [-0.15, -0.1) is 0 Å². The summed E-state index contributed by atoms with van der Waals surface area (Å²) in [7, 11) is 0. The van der Waals surface area contributed by atoms with Crippen LogP contribution >= 0.6 is 0 Å². The quantitative estimate of drug-likeness (QED) is 0.761. The molecule has 2 N–H and O–H groups in total. The van der Waals surface area contributed by atoms with Crippen LogP contribution in [0.1, 0.15) is 42.4 Å². The lowest BCUT2D eigenvalue weighted by molar-refractivity contribution is 0.658. The number of aryl methyl sites for hydroxylation is 2. The van der Waals surface area contributed by atoms with E-state index in [0.717, 1.165) is 6.42 Å². The Labute approximate surface area is 98.4 Å². The topological polar surface area (TPSA) is 26.0 Å². The first-order valence-electron chi connectivity index (χ1n) is 6.20. The maximum atomic E-state index is 6.06. The van der Waals surface area contributed by atoms with E-state index in [0.29, 0.717) is 0 Å². The van der Waals surface area contributed by atoms with Crippen LogP contribution in [-0.2, 0) is 0 Å². The molecule has 16 heavy (non-hydrogen) atoms. The summed E-state index contributed by atoms with van der Waals surface area (Å²) in [6.45, 7) is 4.32. The van der Waals surface area contributed by atoms with Crippen molar-refractivity contribution in [1.82, 2.24) is 0 Å². The molecular formula is C15H21N. The number of benzene rings is 1. The van der Waals surface area contributed by atoms with Gasteiger partial charge in [0, 0.05) is 6.04 Å². The van der Waals surface area contributed by atoms with Gasteiger partial charge in [-0.1, -0.05) is 41.8 Å². The van der Waals surface area contributed by atoms with Crippen LogP contribution in [0.4, 0.5) is 0 Å². The molecule has 1 aromatic rings. The molecule has 0 heterocycles. The molecule has 0 spiro atoms. The van der Waals surface area contributed by atoms with Gasteiger partial charge in [-0.25, -0.2) is 0 Å². The highest BCUT2D eigenvalue weighted by Crippen LogP contribution is 2.26. The van der Waals surface area contributed by atoms with Gasteiger partial charge in [-0.3, -0.25) is 0 Å². The van der Waals surface area contributed by atoms with Gasteiger partial charge in [0.05, 0.1) is 0 Å². The van der Waals surface area contributed by atoms with Crippen molar-refractivity contribution in [2.75, 3.05) is 0 Å². The maximum Gasteiger partial charge on any atom is 0.0229 e. The molecule has 1 aliphatic carbocycles. The number of hydrogen-bond donors (Lipinski definition) is 1. The highest BCUT2D eigenvalue weighted by atomic mass is 14.6. The lowest BCUT2D eigenvalue weighted by Gasteiger charge is -2.09. The zero-order valence-electron chi connectivity index (χ0n) is 10.3. The highest BCUT2D eigenvalue weighted by molar-refractivity contribution is 5.67. The highest BCUT2D eigenvalue weighted by Gasteiger charge is 2.10. The first-order valence-corrected chi connectivity index (χ1v) is 6.20. The minimum Gasteiger partial charge on any atom is -0.324 e. The molecule has 0 radical (unpaired) electrons. The van der Waals surface area contributed by atoms with Crippen LogP contribution in [-0.4, -0.2) is 6.04 Å². The first-order chi connectivity index (χ1) is 7.65. The van der Waals surface area contributed by atoms with Crippen LogP contribution in [0.2, 0.25) is 0 Å². The predicted octanol–water partition coefficient (Wildman–Crippen LogP) is 3.59. The lowest BCUT2D eigenvalue weighted by atomic mass is 9.97. The number of rotatable bonds is 1. The van der Waals surface area contributed by atoms with E-state index in [1.54, 1.807) is 0 Å². The summed E-state index contributed by atoms with van der Waals surface area (Å²) in [5.41, 5.74) is 11.6. The van der Waals surface area contributed by atoms with Gasteiger partial charge >= 0.3 is 0 Å². The van der Waals surface area contributed by atoms with Gasteiger partial charge in [0.25, 0.3) is 0 Å². The monoisotopic (exact) mass is 215 g/mol. The molecular weight excluding hydrogens is 194 g/mol. The third-order valence-electron chi connectivity index (χ3n) is 3.24. The van der Waals surface area contributed by atoms with Gasteiger partial charge < -0.3 is 5.73 Å². The average molecular weight is 215 g/mol. The Balaban J connectivity index is 2.34.